The summed E-state index contributed by atoms with van der Waals surface area (Å²) in [6, 6.07) is 2.68. The van der Waals surface area contributed by atoms with E-state index < -0.39 is 0 Å². The van der Waals surface area contributed by atoms with Crippen molar-refractivity contribution in [2.45, 2.75) is 39.0 Å². The van der Waals surface area contributed by atoms with Crippen LogP contribution >= 0.6 is 0 Å². The first-order valence-corrected chi connectivity index (χ1v) is 7.91. The van der Waals surface area contributed by atoms with Crippen molar-refractivity contribution in [1.82, 2.24) is 29.4 Å². The Labute approximate surface area is 132 Å². The molecule has 1 atom stereocenters. The molecule has 6 nitrogen and oxygen atoms in total. The summed E-state index contributed by atoms with van der Waals surface area (Å²) in [5, 5.41) is 8.84. The van der Waals surface area contributed by atoms with E-state index in [4.69, 9.17) is 0 Å². The predicted molar refractivity (Wildman–Crippen MR) is 86.4 cm³/mol. The van der Waals surface area contributed by atoms with E-state index in [0.717, 1.165) is 32.6 Å². The smallest absolute Gasteiger partial charge is 0.0537 e. The van der Waals surface area contributed by atoms with E-state index in [1.807, 2.05) is 24.1 Å². The average molecular weight is 302 g/mol. The lowest BCUT2D eigenvalue weighted by atomic mass is 10.1. The molecule has 0 unspecified atom stereocenters. The minimum Gasteiger partial charge on any atom is -0.308 e. The fraction of sp³-hybridized carbons (Fsp3) is 0.625. The summed E-state index contributed by atoms with van der Waals surface area (Å²) < 4.78 is 4.11. The zero-order valence-electron chi connectivity index (χ0n) is 14.0. The molecule has 0 saturated carbocycles. The molecule has 0 aromatic carbocycles. The number of rotatable bonds is 4. The molecular formula is C16H26N6. The number of nitrogens with zero attached hydrogens (tertiary/aromatic N) is 6. The van der Waals surface area contributed by atoms with Gasteiger partial charge in [-0.25, -0.2) is 0 Å². The third-order valence-electron chi connectivity index (χ3n) is 4.65. The highest BCUT2D eigenvalue weighted by Crippen LogP contribution is 2.21. The molecule has 0 radical (unpaired) electrons. The number of hydrogen-bond donors (Lipinski definition) is 0. The molecule has 0 aliphatic carbocycles. The van der Waals surface area contributed by atoms with Crippen LogP contribution in [0.5, 0.6) is 0 Å². The second kappa shape index (κ2) is 6.22. The monoisotopic (exact) mass is 302 g/mol. The summed E-state index contributed by atoms with van der Waals surface area (Å²) >= 11 is 0. The highest BCUT2D eigenvalue weighted by Gasteiger charge is 2.25. The highest BCUT2D eigenvalue weighted by atomic mass is 15.3. The Balaban J connectivity index is 1.83. The molecule has 3 heterocycles. The van der Waals surface area contributed by atoms with Crippen LogP contribution in [-0.4, -0.2) is 56.0 Å². The normalized spacial score (nSPS) is 19.4. The van der Waals surface area contributed by atoms with E-state index in [9.17, 15) is 0 Å². The van der Waals surface area contributed by atoms with Crippen LogP contribution in [0.1, 0.15) is 23.4 Å². The van der Waals surface area contributed by atoms with Gasteiger partial charge in [-0.15, -0.1) is 0 Å². The maximum absolute atomic E-state index is 4.45. The van der Waals surface area contributed by atoms with Gasteiger partial charge in [0.05, 0.1) is 11.9 Å². The topological polar surface area (TPSA) is 42.1 Å². The number of fused-ring (bicyclic) bond motifs is 1. The number of aryl methyl sites for hydroxylation is 2. The molecule has 0 saturated heterocycles. The Bertz CT molecular complexity index is 626. The Hall–Kier alpha value is -1.66. The van der Waals surface area contributed by atoms with Crippen molar-refractivity contribution in [3.05, 3.63) is 35.4 Å². The standard InChI is InChI=1S/C16H26N6/c1-13-14(9-18-20(13)4)10-21-12-16-5-7-17-22(16)8-6-15(21)11-19(2)3/h5,7,9,15H,6,8,10-12H2,1-4H3/t15-/m0/s1. The molecule has 0 spiro atoms. The fourth-order valence-corrected chi connectivity index (χ4v) is 3.22. The quantitative estimate of drug-likeness (QED) is 0.853. The van der Waals surface area contributed by atoms with Crippen LogP contribution in [0.4, 0.5) is 0 Å². The van der Waals surface area contributed by atoms with Gasteiger partial charge >= 0.3 is 0 Å². The van der Waals surface area contributed by atoms with Gasteiger partial charge in [-0.2, -0.15) is 10.2 Å². The van der Waals surface area contributed by atoms with Gasteiger partial charge in [-0.1, -0.05) is 0 Å². The maximum Gasteiger partial charge on any atom is 0.0537 e. The molecule has 120 valence electrons. The van der Waals surface area contributed by atoms with Crippen molar-refractivity contribution in [2.75, 3.05) is 20.6 Å². The van der Waals surface area contributed by atoms with Crippen molar-refractivity contribution in [3.8, 4) is 0 Å². The summed E-state index contributed by atoms with van der Waals surface area (Å²) in [6.07, 6.45) is 5.05. The van der Waals surface area contributed by atoms with Gasteiger partial charge in [0.15, 0.2) is 0 Å². The van der Waals surface area contributed by atoms with Crippen LogP contribution in [0.3, 0.4) is 0 Å². The first-order valence-electron chi connectivity index (χ1n) is 7.91. The molecule has 3 rings (SSSR count). The van der Waals surface area contributed by atoms with Gasteiger partial charge < -0.3 is 4.90 Å². The van der Waals surface area contributed by atoms with Crippen LogP contribution in [0.2, 0.25) is 0 Å². The first-order chi connectivity index (χ1) is 10.5. The molecule has 6 heteroatoms. The van der Waals surface area contributed by atoms with E-state index >= 15 is 0 Å². The highest BCUT2D eigenvalue weighted by molar-refractivity contribution is 5.16. The first kappa shape index (κ1) is 15.2. The number of hydrogen-bond acceptors (Lipinski definition) is 4. The zero-order chi connectivity index (χ0) is 15.7. The largest absolute Gasteiger partial charge is 0.308 e. The van der Waals surface area contributed by atoms with Crippen LogP contribution in [-0.2, 0) is 26.7 Å². The Morgan fingerprint density at radius 3 is 2.82 bits per heavy atom. The number of likely N-dealkylation sites (N-methyl/N-ethyl adjacent to an activating group) is 1. The Kier molecular flexibility index (Phi) is 4.31. The van der Waals surface area contributed by atoms with E-state index in [-0.39, 0.29) is 0 Å². The molecular weight excluding hydrogens is 276 g/mol. The van der Waals surface area contributed by atoms with Gasteiger partial charge in [0.1, 0.15) is 0 Å². The van der Waals surface area contributed by atoms with Crippen LogP contribution in [0.25, 0.3) is 0 Å². The molecule has 0 N–H and O–H groups in total. The summed E-state index contributed by atoms with van der Waals surface area (Å²) in [5.41, 5.74) is 3.88. The summed E-state index contributed by atoms with van der Waals surface area (Å²) in [5.74, 6) is 0. The maximum atomic E-state index is 4.45. The second-order valence-corrected chi connectivity index (χ2v) is 6.53. The predicted octanol–water partition coefficient (Wildman–Crippen LogP) is 1.26. The van der Waals surface area contributed by atoms with E-state index in [2.05, 4.69) is 51.8 Å². The molecule has 2 aromatic rings. The van der Waals surface area contributed by atoms with Gasteiger partial charge in [-0.05, 0) is 33.5 Å². The van der Waals surface area contributed by atoms with Crippen molar-refractivity contribution >= 4 is 0 Å². The van der Waals surface area contributed by atoms with Gasteiger partial charge in [-0.3, -0.25) is 14.3 Å². The summed E-state index contributed by atoms with van der Waals surface area (Å²) in [6.45, 7) is 6.12. The minimum atomic E-state index is 0.538. The molecule has 1 aliphatic heterocycles. The Morgan fingerprint density at radius 2 is 2.14 bits per heavy atom. The third-order valence-corrected chi connectivity index (χ3v) is 4.65. The van der Waals surface area contributed by atoms with Crippen molar-refractivity contribution < 1.29 is 0 Å². The Morgan fingerprint density at radius 1 is 1.32 bits per heavy atom. The van der Waals surface area contributed by atoms with Crippen molar-refractivity contribution in [1.29, 1.82) is 0 Å². The summed E-state index contributed by atoms with van der Waals surface area (Å²) in [7, 11) is 6.31. The minimum absolute atomic E-state index is 0.538. The molecule has 0 bridgehead atoms. The molecule has 2 aromatic heterocycles. The second-order valence-electron chi connectivity index (χ2n) is 6.53. The molecule has 22 heavy (non-hydrogen) atoms. The SMILES string of the molecule is Cc1c(CN2Cc3ccnn3CC[C@H]2CN(C)C)cnn1C. The third kappa shape index (κ3) is 3.08. The summed E-state index contributed by atoms with van der Waals surface area (Å²) in [4.78, 5) is 4.85. The van der Waals surface area contributed by atoms with Crippen LogP contribution in [0, 0.1) is 6.92 Å². The molecule has 0 fully saturated rings. The van der Waals surface area contributed by atoms with Gasteiger partial charge in [0, 0.05) is 56.7 Å². The number of aromatic nitrogens is 4. The van der Waals surface area contributed by atoms with Crippen LogP contribution < -0.4 is 0 Å². The van der Waals surface area contributed by atoms with Gasteiger partial charge in [0.2, 0.25) is 0 Å². The molecule has 1 aliphatic rings. The van der Waals surface area contributed by atoms with Gasteiger partial charge in [0.25, 0.3) is 0 Å². The lowest BCUT2D eigenvalue weighted by molar-refractivity contribution is 0.143. The lowest BCUT2D eigenvalue weighted by Crippen LogP contribution is -2.40. The van der Waals surface area contributed by atoms with E-state index in [0.29, 0.717) is 6.04 Å². The van der Waals surface area contributed by atoms with Crippen molar-refractivity contribution in [2.24, 2.45) is 7.05 Å². The zero-order valence-corrected chi connectivity index (χ0v) is 14.0. The molecule has 0 amide bonds. The van der Waals surface area contributed by atoms with E-state index in [1.165, 1.54) is 17.0 Å². The van der Waals surface area contributed by atoms with Crippen molar-refractivity contribution in [3.63, 3.8) is 0 Å². The fourth-order valence-electron chi connectivity index (χ4n) is 3.22. The van der Waals surface area contributed by atoms with Crippen LogP contribution in [0.15, 0.2) is 18.5 Å². The van der Waals surface area contributed by atoms with E-state index in [1.54, 1.807) is 0 Å². The average Bonchev–Trinajstić information content (AvgIpc) is 2.99. The lowest BCUT2D eigenvalue weighted by Gasteiger charge is -2.31.